The summed E-state index contributed by atoms with van der Waals surface area (Å²) in [6.45, 7) is 0.363. The number of alkyl halides is 1. The topological polar surface area (TPSA) is 66.8 Å². The number of aliphatic hydroxyl groups is 2. The quantitative estimate of drug-likeness (QED) is 0.487. The van der Waals surface area contributed by atoms with E-state index in [0.29, 0.717) is 0 Å². The molecule has 11 heavy (non-hydrogen) atoms. The Balaban J connectivity index is 2.80. The summed E-state index contributed by atoms with van der Waals surface area (Å²) < 4.78 is 17.3. The molecule has 1 aliphatic heterocycles. The van der Waals surface area contributed by atoms with Gasteiger partial charge in [-0.15, -0.1) is 0 Å². The lowest BCUT2D eigenvalue weighted by Crippen LogP contribution is -2.40. The Morgan fingerprint density at radius 2 is 2.36 bits per heavy atom. The summed E-state index contributed by atoms with van der Waals surface area (Å²) >= 11 is 0. The fourth-order valence-electron chi connectivity index (χ4n) is 0.924. The van der Waals surface area contributed by atoms with Crippen molar-refractivity contribution in [1.29, 1.82) is 0 Å². The van der Waals surface area contributed by atoms with Crippen molar-refractivity contribution >= 4 is 5.97 Å². The van der Waals surface area contributed by atoms with Gasteiger partial charge in [-0.2, -0.15) is 0 Å². The highest BCUT2D eigenvalue weighted by Crippen LogP contribution is 2.29. The fraction of sp³-hybridized carbons (Fsp3) is 0.833. The number of carbonyl (C=O) groups is 1. The minimum absolute atomic E-state index is 0.563. The molecule has 0 spiro atoms. The van der Waals surface area contributed by atoms with E-state index in [1.54, 1.807) is 0 Å². The van der Waals surface area contributed by atoms with E-state index in [1.165, 1.54) is 0 Å². The van der Waals surface area contributed by atoms with Gasteiger partial charge in [0.25, 0.3) is 0 Å². The minimum atomic E-state index is -2.38. The SMILES string of the molecule is C[C@@]1(F)C(=O)OC(CO)[C@H]1O. The molecule has 0 radical (unpaired) electrons. The molecule has 1 unspecified atom stereocenters. The number of hydrogen-bond acceptors (Lipinski definition) is 4. The van der Waals surface area contributed by atoms with E-state index in [0.717, 1.165) is 6.92 Å². The molecule has 0 aromatic heterocycles. The molecule has 5 heteroatoms. The van der Waals surface area contributed by atoms with Crippen molar-refractivity contribution in [3.63, 3.8) is 0 Å². The molecular formula is C6H9FO4. The molecule has 0 bridgehead atoms. The van der Waals surface area contributed by atoms with Crippen LogP contribution in [0.15, 0.2) is 0 Å². The molecule has 2 N–H and O–H groups in total. The number of cyclic esters (lactones) is 1. The normalized spacial score (nSPS) is 44.2. The second-order valence-electron chi connectivity index (χ2n) is 2.65. The van der Waals surface area contributed by atoms with Crippen molar-refractivity contribution in [3.8, 4) is 0 Å². The predicted molar refractivity (Wildman–Crippen MR) is 32.5 cm³/mol. The smallest absolute Gasteiger partial charge is 0.346 e. The lowest BCUT2D eigenvalue weighted by Gasteiger charge is -2.14. The average molecular weight is 164 g/mol. The van der Waals surface area contributed by atoms with Crippen molar-refractivity contribution < 1.29 is 24.1 Å². The second kappa shape index (κ2) is 2.42. The third-order valence-electron chi connectivity index (χ3n) is 1.75. The molecule has 1 fully saturated rings. The fourth-order valence-corrected chi connectivity index (χ4v) is 0.924. The highest BCUT2D eigenvalue weighted by atomic mass is 19.1. The van der Waals surface area contributed by atoms with Crippen LogP contribution in [-0.2, 0) is 9.53 Å². The maximum Gasteiger partial charge on any atom is 0.346 e. The number of ether oxygens (including phenoxy) is 1. The van der Waals surface area contributed by atoms with Gasteiger partial charge in [0.1, 0.15) is 6.10 Å². The van der Waals surface area contributed by atoms with E-state index in [9.17, 15) is 9.18 Å². The maximum absolute atomic E-state index is 13.0. The summed E-state index contributed by atoms with van der Waals surface area (Å²) in [6, 6.07) is 0. The number of hydrogen-bond donors (Lipinski definition) is 2. The molecule has 3 atom stereocenters. The molecule has 1 saturated heterocycles. The van der Waals surface area contributed by atoms with Gasteiger partial charge in [-0.05, 0) is 6.92 Å². The van der Waals surface area contributed by atoms with Gasteiger partial charge in [0.05, 0.1) is 6.61 Å². The molecule has 4 nitrogen and oxygen atoms in total. The predicted octanol–water partition coefficient (Wildman–Crippen LogP) is -1.01. The molecule has 64 valence electrons. The average Bonchev–Trinajstić information content (AvgIpc) is 2.14. The van der Waals surface area contributed by atoms with Crippen molar-refractivity contribution in [2.24, 2.45) is 0 Å². The van der Waals surface area contributed by atoms with Crippen LogP contribution in [0.1, 0.15) is 6.92 Å². The van der Waals surface area contributed by atoms with Crippen molar-refractivity contribution in [1.82, 2.24) is 0 Å². The zero-order chi connectivity index (χ0) is 8.65. The van der Waals surface area contributed by atoms with Crippen LogP contribution in [0.2, 0.25) is 0 Å². The first-order valence-electron chi connectivity index (χ1n) is 3.19. The number of aliphatic hydroxyl groups excluding tert-OH is 2. The van der Waals surface area contributed by atoms with Crippen LogP contribution < -0.4 is 0 Å². The Labute approximate surface area is 62.6 Å². The minimum Gasteiger partial charge on any atom is -0.455 e. The van der Waals surface area contributed by atoms with Gasteiger partial charge in [-0.1, -0.05) is 0 Å². The van der Waals surface area contributed by atoms with E-state index in [4.69, 9.17) is 10.2 Å². The first-order chi connectivity index (χ1) is 5.00. The lowest BCUT2D eigenvalue weighted by molar-refractivity contribution is -0.150. The summed E-state index contributed by atoms with van der Waals surface area (Å²) in [4.78, 5) is 10.6. The van der Waals surface area contributed by atoms with Gasteiger partial charge in [-0.3, -0.25) is 0 Å². The van der Waals surface area contributed by atoms with Crippen molar-refractivity contribution in [3.05, 3.63) is 0 Å². The van der Waals surface area contributed by atoms with Gasteiger partial charge in [0.15, 0.2) is 6.10 Å². The highest BCUT2D eigenvalue weighted by Gasteiger charge is 2.54. The summed E-state index contributed by atoms with van der Waals surface area (Å²) in [7, 11) is 0. The zero-order valence-electron chi connectivity index (χ0n) is 5.95. The molecule has 0 aromatic carbocycles. The van der Waals surface area contributed by atoms with Crippen LogP contribution in [0.3, 0.4) is 0 Å². The van der Waals surface area contributed by atoms with Crippen LogP contribution in [0.4, 0.5) is 4.39 Å². The first-order valence-corrected chi connectivity index (χ1v) is 3.19. The first kappa shape index (κ1) is 8.42. The van der Waals surface area contributed by atoms with Crippen molar-refractivity contribution in [2.75, 3.05) is 6.61 Å². The number of halogens is 1. The van der Waals surface area contributed by atoms with E-state index in [2.05, 4.69) is 4.74 Å². The lowest BCUT2D eigenvalue weighted by atomic mass is 10.0. The molecule has 1 heterocycles. The van der Waals surface area contributed by atoms with E-state index in [1.807, 2.05) is 0 Å². The molecule has 1 aliphatic rings. The molecular weight excluding hydrogens is 155 g/mol. The number of rotatable bonds is 1. The van der Waals surface area contributed by atoms with E-state index in [-0.39, 0.29) is 0 Å². The third kappa shape index (κ3) is 1.10. The Hall–Kier alpha value is -0.680. The third-order valence-corrected chi connectivity index (χ3v) is 1.75. The van der Waals surface area contributed by atoms with Gasteiger partial charge in [-0.25, -0.2) is 9.18 Å². The van der Waals surface area contributed by atoms with Crippen LogP contribution >= 0.6 is 0 Å². The van der Waals surface area contributed by atoms with Crippen LogP contribution in [0, 0.1) is 0 Å². The number of carbonyl (C=O) groups excluding carboxylic acids is 1. The zero-order valence-corrected chi connectivity index (χ0v) is 5.95. The van der Waals surface area contributed by atoms with E-state index < -0.39 is 30.5 Å². The van der Waals surface area contributed by atoms with Gasteiger partial charge >= 0.3 is 5.97 Å². The summed E-state index contributed by atoms with van der Waals surface area (Å²) in [5.41, 5.74) is -2.38. The number of esters is 1. The summed E-state index contributed by atoms with van der Waals surface area (Å²) in [6.07, 6.45) is -2.70. The molecule has 0 aromatic rings. The Morgan fingerprint density at radius 3 is 2.55 bits per heavy atom. The second-order valence-corrected chi connectivity index (χ2v) is 2.65. The van der Waals surface area contributed by atoms with Gasteiger partial charge in [0.2, 0.25) is 5.67 Å². The Morgan fingerprint density at radius 1 is 1.82 bits per heavy atom. The summed E-state index contributed by atoms with van der Waals surface area (Å²) in [5, 5.41) is 17.5. The maximum atomic E-state index is 13.0. The highest BCUT2D eigenvalue weighted by molar-refractivity contribution is 5.82. The van der Waals surface area contributed by atoms with Crippen molar-refractivity contribution in [2.45, 2.75) is 24.8 Å². The molecule has 0 amide bonds. The largest absolute Gasteiger partial charge is 0.455 e. The van der Waals surface area contributed by atoms with E-state index >= 15 is 0 Å². The summed E-state index contributed by atoms with van der Waals surface area (Å²) in [5.74, 6) is -1.12. The molecule has 1 rings (SSSR count). The van der Waals surface area contributed by atoms with Crippen LogP contribution in [-0.4, -0.2) is 40.7 Å². The van der Waals surface area contributed by atoms with Crippen LogP contribution in [0.25, 0.3) is 0 Å². The van der Waals surface area contributed by atoms with Crippen LogP contribution in [0.5, 0.6) is 0 Å². The van der Waals surface area contributed by atoms with Gasteiger partial charge < -0.3 is 14.9 Å². The molecule has 0 aliphatic carbocycles. The standard InChI is InChI=1S/C6H9FO4/c1-6(7)4(9)3(2-8)11-5(6)10/h3-4,8-9H,2H2,1H3/t3?,4-,6+/m1/s1. The molecule has 0 saturated carbocycles. The van der Waals surface area contributed by atoms with Gasteiger partial charge in [0, 0.05) is 0 Å². The Kier molecular flexibility index (Phi) is 1.85. The Bertz CT molecular complexity index is 179. The monoisotopic (exact) mass is 164 g/mol.